The van der Waals surface area contributed by atoms with E-state index in [-0.39, 0.29) is 11.5 Å². The minimum atomic E-state index is -0.964. The average molecular weight is 360 g/mol. The number of aromatic nitrogens is 4. The van der Waals surface area contributed by atoms with Crippen molar-refractivity contribution in [3.63, 3.8) is 0 Å². The Labute approximate surface area is 154 Å². The fraction of sp³-hybridized carbons (Fsp3) is 0.105. The van der Waals surface area contributed by atoms with Crippen molar-refractivity contribution < 1.29 is 9.90 Å². The van der Waals surface area contributed by atoms with Crippen molar-refractivity contribution in [3.05, 3.63) is 59.2 Å². The summed E-state index contributed by atoms with van der Waals surface area (Å²) in [5, 5.41) is 22.3. The van der Waals surface area contributed by atoms with Gasteiger partial charge >= 0.3 is 5.97 Å². The lowest BCUT2D eigenvalue weighted by atomic mass is 10.1. The number of nitrogens with zero attached hydrogens (tertiary/aromatic N) is 4. The first kappa shape index (κ1) is 16.6. The average Bonchev–Trinajstić information content (AvgIpc) is 3.05. The number of aromatic amines is 1. The van der Waals surface area contributed by atoms with Gasteiger partial charge in [-0.15, -0.1) is 10.2 Å². The van der Waals surface area contributed by atoms with Gasteiger partial charge in [0.25, 0.3) is 5.95 Å². The first-order chi connectivity index (χ1) is 13.1. The molecular formula is C19H16N6O2. The third kappa shape index (κ3) is 3.32. The van der Waals surface area contributed by atoms with Crippen LogP contribution in [0.15, 0.2) is 47.6 Å². The van der Waals surface area contributed by atoms with Crippen molar-refractivity contribution in [3.8, 4) is 0 Å². The molecule has 0 unspecified atom stereocenters. The number of fused-ring (bicyclic) bond motifs is 3. The van der Waals surface area contributed by atoms with E-state index in [2.05, 4.69) is 49.7 Å². The van der Waals surface area contributed by atoms with Gasteiger partial charge in [0, 0.05) is 10.9 Å². The normalized spacial score (nSPS) is 11.4. The maximum atomic E-state index is 10.8. The molecule has 0 aliphatic rings. The molecule has 0 saturated heterocycles. The number of carboxylic acids is 1. The molecule has 4 rings (SSSR count). The van der Waals surface area contributed by atoms with E-state index < -0.39 is 5.97 Å². The van der Waals surface area contributed by atoms with Crippen LogP contribution in [0.4, 0.5) is 5.95 Å². The number of hydrazone groups is 1. The highest BCUT2D eigenvalue weighted by atomic mass is 16.4. The molecule has 8 heteroatoms. The second-order valence-corrected chi connectivity index (χ2v) is 5.99. The standard InChI is InChI=1S/C19H16N6O2/c1-2-11-5-8-15-14(9-11)16-17(21-15)22-19(25-23-16)24-20-10-12-3-6-13(7-4-12)18(26)27/h3-10H,2H2,1H3,(H,26,27)(H2,21,22,24,25)/b20-10-. The van der Waals surface area contributed by atoms with Gasteiger partial charge in [-0.3, -0.25) is 0 Å². The Hall–Kier alpha value is -3.81. The molecule has 2 aromatic carbocycles. The van der Waals surface area contributed by atoms with E-state index in [0.717, 1.165) is 28.4 Å². The van der Waals surface area contributed by atoms with E-state index in [0.29, 0.717) is 5.65 Å². The molecule has 2 aromatic heterocycles. The van der Waals surface area contributed by atoms with Crippen LogP contribution in [0, 0.1) is 0 Å². The van der Waals surface area contributed by atoms with Gasteiger partial charge in [0.1, 0.15) is 5.52 Å². The third-order valence-corrected chi connectivity index (χ3v) is 4.22. The molecule has 0 saturated carbocycles. The second kappa shape index (κ2) is 6.83. The maximum absolute atomic E-state index is 10.8. The fourth-order valence-corrected chi connectivity index (χ4v) is 2.76. The van der Waals surface area contributed by atoms with Crippen molar-refractivity contribution >= 4 is 40.2 Å². The van der Waals surface area contributed by atoms with Crippen LogP contribution in [0.3, 0.4) is 0 Å². The van der Waals surface area contributed by atoms with Crippen LogP contribution in [0.1, 0.15) is 28.4 Å². The highest BCUT2D eigenvalue weighted by Gasteiger charge is 2.09. The molecule has 0 aliphatic heterocycles. The Bertz CT molecular complexity index is 1160. The molecule has 0 radical (unpaired) electrons. The van der Waals surface area contributed by atoms with Crippen LogP contribution in [-0.2, 0) is 6.42 Å². The topological polar surface area (TPSA) is 116 Å². The molecule has 0 atom stereocenters. The van der Waals surface area contributed by atoms with Gasteiger partial charge in [-0.1, -0.05) is 25.1 Å². The maximum Gasteiger partial charge on any atom is 0.335 e. The molecule has 0 bridgehead atoms. The second-order valence-electron chi connectivity index (χ2n) is 5.99. The first-order valence-electron chi connectivity index (χ1n) is 8.41. The number of aryl methyl sites for hydroxylation is 1. The number of benzene rings is 2. The lowest BCUT2D eigenvalue weighted by molar-refractivity contribution is 0.0697. The van der Waals surface area contributed by atoms with Gasteiger partial charge in [0.15, 0.2) is 5.65 Å². The number of hydrogen-bond donors (Lipinski definition) is 3. The van der Waals surface area contributed by atoms with Crippen LogP contribution >= 0.6 is 0 Å². The lowest BCUT2D eigenvalue weighted by Crippen LogP contribution is -1.99. The minimum Gasteiger partial charge on any atom is -0.478 e. The summed E-state index contributed by atoms with van der Waals surface area (Å²) in [6.07, 6.45) is 2.50. The SMILES string of the molecule is CCc1ccc2[nH]c3nc(N/N=C\c4ccc(C(=O)O)cc4)nnc3c2c1. The number of anilines is 1. The zero-order valence-electron chi connectivity index (χ0n) is 14.5. The molecule has 2 heterocycles. The number of carbonyl (C=O) groups is 1. The summed E-state index contributed by atoms with van der Waals surface area (Å²) >= 11 is 0. The summed E-state index contributed by atoms with van der Waals surface area (Å²) < 4.78 is 0. The molecule has 3 N–H and O–H groups in total. The zero-order chi connectivity index (χ0) is 18.8. The smallest absolute Gasteiger partial charge is 0.335 e. The largest absolute Gasteiger partial charge is 0.478 e. The van der Waals surface area contributed by atoms with E-state index in [4.69, 9.17) is 5.11 Å². The van der Waals surface area contributed by atoms with Crippen LogP contribution < -0.4 is 5.43 Å². The van der Waals surface area contributed by atoms with Crippen molar-refractivity contribution in [2.75, 3.05) is 5.43 Å². The first-order valence-corrected chi connectivity index (χ1v) is 8.41. The molecular weight excluding hydrogens is 344 g/mol. The summed E-state index contributed by atoms with van der Waals surface area (Å²) in [6, 6.07) is 12.6. The lowest BCUT2D eigenvalue weighted by Gasteiger charge is -1.98. The number of carboxylic acid groups (broad SMARTS) is 1. The Kier molecular flexibility index (Phi) is 4.21. The Morgan fingerprint density at radius 2 is 2.04 bits per heavy atom. The molecule has 4 aromatic rings. The van der Waals surface area contributed by atoms with Crippen LogP contribution in [-0.4, -0.2) is 37.5 Å². The van der Waals surface area contributed by atoms with Crippen LogP contribution in [0.5, 0.6) is 0 Å². The van der Waals surface area contributed by atoms with Crippen LogP contribution in [0.25, 0.3) is 22.1 Å². The number of rotatable bonds is 5. The Morgan fingerprint density at radius 3 is 2.78 bits per heavy atom. The van der Waals surface area contributed by atoms with Gasteiger partial charge in [0.2, 0.25) is 0 Å². The quantitative estimate of drug-likeness (QED) is 0.372. The number of nitrogens with one attached hydrogen (secondary N) is 2. The van der Waals surface area contributed by atoms with Crippen molar-refractivity contribution in [2.45, 2.75) is 13.3 Å². The van der Waals surface area contributed by atoms with Gasteiger partial charge in [0.05, 0.1) is 11.8 Å². The van der Waals surface area contributed by atoms with E-state index in [1.165, 1.54) is 17.7 Å². The summed E-state index contributed by atoms with van der Waals surface area (Å²) in [7, 11) is 0. The molecule has 0 spiro atoms. The third-order valence-electron chi connectivity index (χ3n) is 4.22. The molecule has 0 fully saturated rings. The van der Waals surface area contributed by atoms with Crippen molar-refractivity contribution in [2.24, 2.45) is 5.10 Å². The summed E-state index contributed by atoms with van der Waals surface area (Å²) in [5.41, 5.74) is 7.26. The zero-order valence-corrected chi connectivity index (χ0v) is 14.5. The molecule has 134 valence electrons. The van der Waals surface area contributed by atoms with Crippen LogP contribution in [0.2, 0.25) is 0 Å². The Balaban J connectivity index is 1.55. The number of H-pyrrole nitrogens is 1. The van der Waals surface area contributed by atoms with Gasteiger partial charge in [-0.25, -0.2) is 10.2 Å². The predicted molar refractivity (Wildman–Crippen MR) is 103 cm³/mol. The number of aromatic carboxylic acids is 1. The highest BCUT2D eigenvalue weighted by Crippen LogP contribution is 2.23. The monoisotopic (exact) mass is 360 g/mol. The predicted octanol–water partition coefficient (Wildman–Crippen LogP) is 3.21. The summed E-state index contributed by atoms with van der Waals surface area (Å²) in [5.74, 6) is -0.697. The number of hydrogen-bond acceptors (Lipinski definition) is 6. The van der Waals surface area contributed by atoms with Crippen molar-refractivity contribution in [1.29, 1.82) is 0 Å². The van der Waals surface area contributed by atoms with Gasteiger partial charge < -0.3 is 10.1 Å². The van der Waals surface area contributed by atoms with E-state index in [1.54, 1.807) is 18.3 Å². The molecule has 0 amide bonds. The van der Waals surface area contributed by atoms with Gasteiger partial charge in [-0.05, 0) is 41.8 Å². The minimum absolute atomic E-state index is 0.225. The molecule has 8 nitrogen and oxygen atoms in total. The highest BCUT2D eigenvalue weighted by molar-refractivity contribution is 6.03. The van der Waals surface area contributed by atoms with E-state index >= 15 is 0 Å². The van der Waals surface area contributed by atoms with Crippen molar-refractivity contribution in [1.82, 2.24) is 20.2 Å². The Morgan fingerprint density at radius 1 is 1.22 bits per heavy atom. The summed E-state index contributed by atoms with van der Waals surface area (Å²) in [6.45, 7) is 2.11. The summed E-state index contributed by atoms with van der Waals surface area (Å²) in [4.78, 5) is 18.5. The fourth-order valence-electron chi connectivity index (χ4n) is 2.76. The molecule has 27 heavy (non-hydrogen) atoms. The van der Waals surface area contributed by atoms with E-state index in [1.807, 2.05) is 6.07 Å². The van der Waals surface area contributed by atoms with E-state index in [9.17, 15) is 4.79 Å². The van der Waals surface area contributed by atoms with Gasteiger partial charge in [-0.2, -0.15) is 10.1 Å². The molecule has 0 aliphatic carbocycles.